The lowest BCUT2D eigenvalue weighted by Gasteiger charge is -2.17. The molecule has 0 aromatic heterocycles. The van der Waals surface area contributed by atoms with Gasteiger partial charge in [0.2, 0.25) is 0 Å². The van der Waals surface area contributed by atoms with Crippen LogP contribution in [-0.4, -0.2) is 29.4 Å². The Morgan fingerprint density at radius 1 is 1.44 bits per heavy atom. The van der Waals surface area contributed by atoms with Crippen LogP contribution in [0, 0.1) is 6.92 Å². The van der Waals surface area contributed by atoms with Crippen molar-refractivity contribution in [1.82, 2.24) is 5.32 Å². The van der Waals surface area contributed by atoms with E-state index >= 15 is 0 Å². The monoisotopic (exact) mass is 269 g/mol. The number of hydrogen-bond acceptors (Lipinski definition) is 3. The van der Waals surface area contributed by atoms with Crippen molar-refractivity contribution in [3.63, 3.8) is 0 Å². The second-order valence-electron chi connectivity index (χ2n) is 4.35. The van der Waals surface area contributed by atoms with Crippen molar-refractivity contribution in [3.05, 3.63) is 29.3 Å². The van der Waals surface area contributed by atoms with Crippen molar-refractivity contribution >= 4 is 10.8 Å². The van der Waals surface area contributed by atoms with Crippen LogP contribution in [0.5, 0.6) is 5.75 Å². The van der Waals surface area contributed by atoms with Gasteiger partial charge in [-0.1, -0.05) is 19.1 Å². The molecule has 0 aliphatic carbocycles. The maximum atomic E-state index is 11.3. The lowest BCUT2D eigenvalue weighted by atomic mass is 10.1. The molecule has 1 rings (SSSR count). The minimum atomic E-state index is -0.704. The topological polar surface area (TPSA) is 38.3 Å². The van der Waals surface area contributed by atoms with Crippen molar-refractivity contribution in [2.75, 3.05) is 25.2 Å². The first-order chi connectivity index (χ1) is 8.58. The normalized spacial score (nSPS) is 14.2. The summed E-state index contributed by atoms with van der Waals surface area (Å²) in [5, 5.41) is 3.39. The number of benzene rings is 1. The molecule has 1 N–H and O–H groups in total. The van der Waals surface area contributed by atoms with Crippen molar-refractivity contribution in [2.45, 2.75) is 26.8 Å². The Hall–Kier alpha value is -0.870. The average Bonchev–Trinajstić information content (AvgIpc) is 2.37. The zero-order valence-electron chi connectivity index (χ0n) is 11.7. The molecule has 0 fully saturated rings. The Morgan fingerprint density at radius 2 is 2.17 bits per heavy atom. The van der Waals surface area contributed by atoms with E-state index in [1.54, 1.807) is 7.11 Å². The van der Waals surface area contributed by atoms with Gasteiger partial charge in [-0.25, -0.2) is 0 Å². The van der Waals surface area contributed by atoms with E-state index < -0.39 is 10.8 Å². The molecule has 3 nitrogen and oxygen atoms in total. The Kier molecular flexibility index (Phi) is 6.36. The fraction of sp³-hybridized carbons (Fsp3) is 0.571. The van der Waals surface area contributed by atoms with Crippen molar-refractivity contribution in [1.29, 1.82) is 0 Å². The second-order valence-corrected chi connectivity index (χ2v) is 6.22. The Labute approximate surface area is 112 Å². The Bertz CT molecular complexity index is 407. The van der Waals surface area contributed by atoms with E-state index in [0.717, 1.165) is 23.6 Å². The minimum Gasteiger partial charge on any atom is -0.496 e. The first-order valence-corrected chi connectivity index (χ1v) is 7.80. The van der Waals surface area contributed by atoms with E-state index in [1.165, 1.54) is 5.56 Å². The summed E-state index contributed by atoms with van der Waals surface area (Å²) >= 11 is 0. The van der Waals surface area contributed by atoms with Gasteiger partial charge in [0.1, 0.15) is 5.75 Å². The quantitative estimate of drug-likeness (QED) is 0.826. The lowest BCUT2D eigenvalue weighted by Crippen LogP contribution is -2.24. The highest BCUT2D eigenvalue weighted by molar-refractivity contribution is 7.84. The van der Waals surface area contributed by atoms with E-state index in [4.69, 9.17) is 4.74 Å². The molecule has 0 aliphatic heterocycles. The molecule has 0 amide bonds. The van der Waals surface area contributed by atoms with E-state index in [0.29, 0.717) is 5.75 Å². The van der Waals surface area contributed by atoms with Crippen LogP contribution in [0.15, 0.2) is 18.2 Å². The molecule has 18 heavy (non-hydrogen) atoms. The molecular formula is C14H23NO2S. The highest BCUT2D eigenvalue weighted by atomic mass is 32.2. The van der Waals surface area contributed by atoms with Crippen LogP contribution >= 0.6 is 0 Å². The van der Waals surface area contributed by atoms with Crippen molar-refractivity contribution in [3.8, 4) is 5.75 Å². The first kappa shape index (κ1) is 15.2. The maximum absolute atomic E-state index is 11.3. The zero-order chi connectivity index (χ0) is 13.5. The van der Waals surface area contributed by atoms with Crippen LogP contribution in [0.1, 0.15) is 31.0 Å². The summed E-state index contributed by atoms with van der Waals surface area (Å²) in [6, 6.07) is 6.41. The molecule has 1 aromatic rings. The molecule has 1 aromatic carbocycles. The van der Waals surface area contributed by atoms with Gasteiger partial charge in [0.05, 0.1) is 7.11 Å². The summed E-state index contributed by atoms with van der Waals surface area (Å²) in [4.78, 5) is 0. The fourth-order valence-corrected chi connectivity index (χ4v) is 2.45. The number of nitrogens with one attached hydrogen (secondary N) is 1. The summed E-state index contributed by atoms with van der Waals surface area (Å²) in [7, 11) is 0.987. The zero-order valence-corrected chi connectivity index (χ0v) is 12.5. The van der Waals surface area contributed by atoms with Gasteiger partial charge in [-0.05, 0) is 25.5 Å². The Morgan fingerprint density at radius 3 is 2.78 bits per heavy atom. The predicted molar refractivity (Wildman–Crippen MR) is 77.7 cm³/mol. The molecule has 4 heteroatoms. The Balaban J connectivity index is 2.60. The second kappa shape index (κ2) is 7.54. The van der Waals surface area contributed by atoms with Gasteiger partial charge in [-0.3, -0.25) is 4.21 Å². The predicted octanol–water partition coefficient (Wildman–Crippen LogP) is 2.42. The maximum Gasteiger partial charge on any atom is 0.123 e. The van der Waals surface area contributed by atoms with E-state index in [1.807, 2.05) is 13.0 Å². The summed E-state index contributed by atoms with van der Waals surface area (Å²) in [6.07, 6.45) is 0. The number of aryl methyl sites for hydroxylation is 1. The molecule has 102 valence electrons. The smallest absolute Gasteiger partial charge is 0.123 e. The van der Waals surface area contributed by atoms with Gasteiger partial charge < -0.3 is 10.1 Å². The van der Waals surface area contributed by atoms with Crippen LogP contribution in [0.3, 0.4) is 0 Å². The van der Waals surface area contributed by atoms with Gasteiger partial charge in [0, 0.05) is 40.5 Å². The molecule has 0 saturated heterocycles. The summed E-state index contributed by atoms with van der Waals surface area (Å²) in [5.74, 6) is 2.34. The van der Waals surface area contributed by atoms with Gasteiger partial charge in [-0.15, -0.1) is 0 Å². The number of hydrogen-bond donors (Lipinski definition) is 1. The van der Waals surface area contributed by atoms with E-state index in [2.05, 4.69) is 31.3 Å². The minimum absolute atomic E-state index is 0.203. The third-order valence-electron chi connectivity index (χ3n) is 2.96. The third-order valence-corrected chi connectivity index (χ3v) is 4.26. The van der Waals surface area contributed by atoms with Crippen LogP contribution < -0.4 is 10.1 Å². The van der Waals surface area contributed by atoms with Gasteiger partial charge in [0.15, 0.2) is 0 Å². The molecule has 0 heterocycles. The van der Waals surface area contributed by atoms with Gasteiger partial charge >= 0.3 is 0 Å². The lowest BCUT2D eigenvalue weighted by molar-refractivity contribution is 0.402. The molecule has 2 atom stereocenters. The van der Waals surface area contributed by atoms with E-state index in [9.17, 15) is 4.21 Å². The van der Waals surface area contributed by atoms with Crippen LogP contribution in [0.25, 0.3) is 0 Å². The summed E-state index contributed by atoms with van der Waals surface area (Å²) in [5.41, 5.74) is 2.33. The molecule has 0 radical (unpaired) electrons. The largest absolute Gasteiger partial charge is 0.496 e. The molecule has 0 aliphatic rings. The third kappa shape index (κ3) is 4.42. The van der Waals surface area contributed by atoms with Crippen molar-refractivity contribution < 1.29 is 8.95 Å². The van der Waals surface area contributed by atoms with E-state index in [-0.39, 0.29) is 6.04 Å². The SMILES string of the molecule is CCS(=O)CCNC(C)c1ccc(C)cc1OC. The first-order valence-electron chi connectivity index (χ1n) is 6.31. The highest BCUT2D eigenvalue weighted by Gasteiger charge is 2.11. The summed E-state index contributed by atoms with van der Waals surface area (Å²) in [6.45, 7) is 6.86. The number of rotatable bonds is 7. The van der Waals surface area contributed by atoms with Gasteiger partial charge in [0.25, 0.3) is 0 Å². The highest BCUT2D eigenvalue weighted by Crippen LogP contribution is 2.25. The number of ether oxygens (including phenoxy) is 1. The molecular weight excluding hydrogens is 246 g/mol. The molecule has 0 saturated carbocycles. The van der Waals surface area contributed by atoms with Crippen molar-refractivity contribution in [2.24, 2.45) is 0 Å². The van der Waals surface area contributed by atoms with Gasteiger partial charge in [-0.2, -0.15) is 0 Å². The molecule has 0 bridgehead atoms. The molecule has 2 unspecified atom stereocenters. The number of methoxy groups -OCH3 is 1. The van der Waals surface area contributed by atoms with Crippen LogP contribution in [0.4, 0.5) is 0 Å². The standard InChI is InChI=1S/C14H23NO2S/c1-5-18(16)9-8-15-12(3)13-7-6-11(2)10-14(13)17-4/h6-7,10,12,15H,5,8-9H2,1-4H3. The fourth-order valence-electron chi connectivity index (χ4n) is 1.82. The summed E-state index contributed by atoms with van der Waals surface area (Å²) < 4.78 is 16.7. The molecule has 0 spiro atoms. The van der Waals surface area contributed by atoms with Crippen LogP contribution in [-0.2, 0) is 10.8 Å². The average molecular weight is 269 g/mol. The van der Waals surface area contributed by atoms with Crippen LogP contribution in [0.2, 0.25) is 0 Å².